The molecule has 4 N–H and O–H groups in total. The highest BCUT2D eigenvalue weighted by molar-refractivity contribution is 5.86. The third kappa shape index (κ3) is 5.52. The van der Waals surface area contributed by atoms with E-state index in [9.17, 15) is 5.11 Å². The molecule has 2 aromatic heterocycles. The van der Waals surface area contributed by atoms with Crippen molar-refractivity contribution in [3.8, 4) is 5.75 Å². The van der Waals surface area contributed by atoms with E-state index in [4.69, 9.17) is 20.3 Å². The fourth-order valence-electron chi connectivity index (χ4n) is 3.88. The van der Waals surface area contributed by atoms with Gasteiger partial charge in [-0.2, -0.15) is 10.1 Å². The average molecular weight is 456 g/mol. The van der Waals surface area contributed by atoms with Crippen LogP contribution in [-0.2, 0) is 17.8 Å². The van der Waals surface area contributed by atoms with Crippen LogP contribution >= 0.6 is 0 Å². The number of nitrogen functional groups attached to an aromatic ring is 1. The van der Waals surface area contributed by atoms with E-state index in [0.29, 0.717) is 36.0 Å². The Hall–Kier alpha value is -2.95. The Morgan fingerprint density at radius 2 is 2.15 bits per heavy atom. The molecular weight excluding hydrogens is 422 g/mol. The number of anilines is 2. The molecule has 0 aliphatic carbocycles. The highest BCUT2D eigenvalue weighted by Crippen LogP contribution is 2.26. The van der Waals surface area contributed by atoms with Gasteiger partial charge in [0.1, 0.15) is 11.3 Å². The number of methoxy groups -OCH3 is 1. The van der Waals surface area contributed by atoms with Crippen molar-refractivity contribution in [2.45, 2.75) is 38.9 Å². The first-order chi connectivity index (χ1) is 16.1. The third-order valence-electron chi connectivity index (χ3n) is 5.78. The van der Waals surface area contributed by atoms with E-state index < -0.39 is 0 Å². The summed E-state index contributed by atoms with van der Waals surface area (Å²) in [5.41, 5.74) is 9.52. The fourth-order valence-corrected chi connectivity index (χ4v) is 3.88. The van der Waals surface area contributed by atoms with E-state index in [1.807, 2.05) is 15.8 Å². The van der Waals surface area contributed by atoms with Crippen LogP contribution in [0.3, 0.4) is 0 Å². The monoisotopic (exact) mass is 455 g/mol. The minimum Gasteiger partial charge on any atom is -0.496 e. The summed E-state index contributed by atoms with van der Waals surface area (Å²) in [4.78, 5) is 10.9. The van der Waals surface area contributed by atoms with Gasteiger partial charge < -0.3 is 30.5 Å². The van der Waals surface area contributed by atoms with Crippen LogP contribution < -0.4 is 20.7 Å². The minimum atomic E-state index is 0.0298. The van der Waals surface area contributed by atoms with E-state index >= 15 is 0 Å². The van der Waals surface area contributed by atoms with Gasteiger partial charge in [0.2, 0.25) is 5.95 Å². The number of aliphatic hydroxyl groups is 1. The van der Waals surface area contributed by atoms with Gasteiger partial charge in [-0.15, -0.1) is 0 Å². The Labute approximate surface area is 193 Å². The summed E-state index contributed by atoms with van der Waals surface area (Å²) in [5.74, 6) is 1.67. The zero-order valence-corrected chi connectivity index (χ0v) is 19.3. The topological polar surface area (TPSA) is 124 Å². The molecule has 178 valence electrons. The number of ether oxygens (including phenoxy) is 2. The van der Waals surface area contributed by atoms with Gasteiger partial charge in [0.05, 0.1) is 45.7 Å². The second-order valence-electron chi connectivity index (χ2n) is 8.29. The molecule has 0 amide bonds. The van der Waals surface area contributed by atoms with Gasteiger partial charge >= 0.3 is 0 Å². The van der Waals surface area contributed by atoms with Crippen molar-refractivity contribution in [1.82, 2.24) is 25.1 Å². The Kier molecular flexibility index (Phi) is 7.58. The first-order valence-electron chi connectivity index (χ1n) is 11.4. The molecule has 10 heteroatoms. The van der Waals surface area contributed by atoms with Gasteiger partial charge in [0.25, 0.3) is 0 Å². The molecule has 1 aliphatic rings. The van der Waals surface area contributed by atoms with Crippen LogP contribution in [0.25, 0.3) is 11.0 Å². The summed E-state index contributed by atoms with van der Waals surface area (Å²) in [6.07, 6.45) is 3.90. The van der Waals surface area contributed by atoms with Crippen LogP contribution in [0.15, 0.2) is 24.4 Å². The lowest BCUT2D eigenvalue weighted by Gasteiger charge is -2.27. The third-order valence-corrected chi connectivity index (χ3v) is 5.78. The molecule has 0 saturated carbocycles. The van der Waals surface area contributed by atoms with Crippen molar-refractivity contribution in [3.63, 3.8) is 0 Å². The highest BCUT2D eigenvalue weighted by Gasteiger charge is 2.19. The largest absolute Gasteiger partial charge is 0.496 e. The van der Waals surface area contributed by atoms with Crippen LogP contribution in [0.5, 0.6) is 5.75 Å². The summed E-state index contributed by atoms with van der Waals surface area (Å²) in [6, 6.07) is 6.66. The first kappa shape index (κ1) is 23.2. The molecule has 1 aliphatic heterocycles. The number of nitrogens with two attached hydrogens (primary N) is 1. The van der Waals surface area contributed by atoms with Gasteiger partial charge in [-0.3, -0.25) is 4.68 Å². The molecular formula is C23H33N7O3. The molecule has 0 atom stereocenters. The molecule has 0 spiro atoms. The average Bonchev–Trinajstić information content (AvgIpc) is 3.18. The van der Waals surface area contributed by atoms with Crippen molar-refractivity contribution >= 4 is 22.8 Å². The summed E-state index contributed by atoms with van der Waals surface area (Å²) >= 11 is 0. The molecule has 10 nitrogen and oxygen atoms in total. The van der Waals surface area contributed by atoms with E-state index in [1.165, 1.54) is 0 Å². The van der Waals surface area contributed by atoms with Crippen LogP contribution in [-0.4, -0.2) is 70.9 Å². The maximum atomic E-state index is 9.54. The zero-order chi connectivity index (χ0) is 23.2. The number of benzene rings is 1. The minimum absolute atomic E-state index is 0.0298. The number of nitrogens with one attached hydrogen (secondary N) is 1. The molecule has 3 aromatic rings. The summed E-state index contributed by atoms with van der Waals surface area (Å²) in [7, 11) is 1.68. The van der Waals surface area contributed by atoms with Crippen molar-refractivity contribution < 1.29 is 14.6 Å². The van der Waals surface area contributed by atoms with E-state index in [0.717, 1.165) is 56.0 Å². The summed E-state index contributed by atoms with van der Waals surface area (Å²) < 4.78 is 12.7. The molecule has 0 bridgehead atoms. The van der Waals surface area contributed by atoms with Crippen LogP contribution in [0.2, 0.25) is 0 Å². The maximum Gasteiger partial charge on any atom is 0.222 e. The number of unbranched alkanes of at least 4 members (excludes halogenated alkanes) is 1. The number of nitrogens with zero attached hydrogens (tertiary/aromatic N) is 5. The summed E-state index contributed by atoms with van der Waals surface area (Å²) in [6.45, 7) is 6.23. The molecule has 0 radical (unpaired) electrons. The molecule has 1 saturated heterocycles. The van der Waals surface area contributed by atoms with Crippen LogP contribution in [0.1, 0.15) is 30.9 Å². The number of hydrogen-bond donors (Lipinski definition) is 3. The SMILES string of the molecule is CCCCN(CCO)c1nc(N)nc2cn(Cc3ccc(CNC4COC4)cc3OC)nc12. The lowest BCUT2D eigenvalue weighted by atomic mass is 10.1. The van der Waals surface area contributed by atoms with Gasteiger partial charge in [-0.25, -0.2) is 4.98 Å². The van der Waals surface area contributed by atoms with E-state index in [2.05, 4.69) is 40.4 Å². The Bertz CT molecular complexity index is 1070. The number of fused-ring (bicyclic) bond motifs is 1. The smallest absolute Gasteiger partial charge is 0.222 e. The number of aliphatic hydroxyl groups excluding tert-OH is 1. The van der Waals surface area contributed by atoms with Crippen LogP contribution in [0.4, 0.5) is 11.8 Å². The highest BCUT2D eigenvalue weighted by atomic mass is 16.5. The predicted molar refractivity (Wildman–Crippen MR) is 127 cm³/mol. The van der Waals surface area contributed by atoms with Gasteiger partial charge in [-0.05, 0) is 18.1 Å². The molecule has 1 fully saturated rings. The lowest BCUT2D eigenvalue weighted by Crippen LogP contribution is -2.45. The Balaban J connectivity index is 1.57. The van der Waals surface area contributed by atoms with E-state index in [1.54, 1.807) is 7.11 Å². The molecule has 3 heterocycles. The second-order valence-corrected chi connectivity index (χ2v) is 8.29. The van der Waals surface area contributed by atoms with Crippen LogP contribution in [0, 0.1) is 0 Å². The van der Waals surface area contributed by atoms with Crippen molar-refractivity contribution in [2.75, 3.05) is 50.7 Å². The standard InChI is InChI=1S/C23H33N7O3/c1-3-4-7-29(8-9-31)22-21-19(26-23(24)27-22)13-30(28-21)12-17-6-5-16(10-20(17)32-2)11-25-18-14-33-15-18/h5-6,10,13,18,25,31H,3-4,7-9,11-12,14-15H2,1-2H3,(H2,24,26). The number of rotatable bonds is 12. The molecule has 0 unspecified atom stereocenters. The predicted octanol–water partition coefficient (Wildman–Crippen LogP) is 1.55. The zero-order valence-electron chi connectivity index (χ0n) is 19.3. The van der Waals surface area contributed by atoms with Crippen molar-refractivity contribution in [3.05, 3.63) is 35.5 Å². The van der Waals surface area contributed by atoms with E-state index in [-0.39, 0.29) is 12.6 Å². The Morgan fingerprint density at radius 1 is 1.30 bits per heavy atom. The summed E-state index contributed by atoms with van der Waals surface area (Å²) in [5, 5.41) is 17.8. The molecule has 33 heavy (non-hydrogen) atoms. The number of hydrogen-bond acceptors (Lipinski definition) is 9. The normalized spacial score (nSPS) is 13.9. The van der Waals surface area contributed by atoms with Gasteiger partial charge in [0, 0.05) is 25.2 Å². The maximum absolute atomic E-state index is 9.54. The van der Waals surface area contributed by atoms with Gasteiger partial charge in [0.15, 0.2) is 11.3 Å². The molecule has 4 rings (SSSR count). The lowest BCUT2D eigenvalue weighted by molar-refractivity contribution is -0.00578. The fraction of sp³-hybridized carbons (Fsp3) is 0.522. The number of aromatic nitrogens is 4. The Morgan fingerprint density at radius 3 is 2.85 bits per heavy atom. The quantitative estimate of drug-likeness (QED) is 0.373. The first-order valence-corrected chi connectivity index (χ1v) is 11.4. The second kappa shape index (κ2) is 10.8. The van der Waals surface area contributed by atoms with Crippen molar-refractivity contribution in [1.29, 1.82) is 0 Å². The molecule has 1 aromatic carbocycles. The van der Waals surface area contributed by atoms with Gasteiger partial charge in [-0.1, -0.05) is 25.5 Å². The van der Waals surface area contributed by atoms with Crippen molar-refractivity contribution in [2.24, 2.45) is 0 Å².